The third kappa shape index (κ3) is 4.76. The molecule has 3 heterocycles. The molecule has 1 fully saturated rings. The van der Waals surface area contributed by atoms with E-state index in [0.717, 1.165) is 65.9 Å². The van der Waals surface area contributed by atoms with E-state index in [1.807, 2.05) is 67.3 Å². The van der Waals surface area contributed by atoms with Crippen LogP contribution < -0.4 is 9.64 Å². The molecule has 1 amide bonds. The van der Waals surface area contributed by atoms with Crippen LogP contribution in [-0.2, 0) is 13.0 Å². The van der Waals surface area contributed by atoms with E-state index in [0.29, 0.717) is 31.0 Å². The molecule has 5 rings (SSSR count). The van der Waals surface area contributed by atoms with Crippen molar-refractivity contribution in [3.8, 4) is 11.6 Å². The topological polar surface area (TPSA) is 58.6 Å². The summed E-state index contributed by atoms with van der Waals surface area (Å²) in [6.45, 7) is 9.36. The van der Waals surface area contributed by atoms with Gasteiger partial charge in [0.05, 0.1) is 17.8 Å². The van der Waals surface area contributed by atoms with E-state index in [1.165, 1.54) is 0 Å². The molecular formula is C28H32N4O2. The third-order valence-corrected chi connectivity index (χ3v) is 6.83. The molecule has 1 saturated heterocycles. The molecule has 6 heteroatoms. The van der Waals surface area contributed by atoms with Gasteiger partial charge >= 0.3 is 0 Å². The molecule has 3 aromatic rings. The Morgan fingerprint density at radius 3 is 2.44 bits per heavy atom. The molecule has 2 aromatic carbocycles. The van der Waals surface area contributed by atoms with Crippen LogP contribution in [0.25, 0.3) is 0 Å². The predicted molar refractivity (Wildman–Crippen MR) is 134 cm³/mol. The summed E-state index contributed by atoms with van der Waals surface area (Å²) in [6.07, 6.45) is 2.98. The van der Waals surface area contributed by atoms with E-state index < -0.39 is 0 Å². The molecule has 34 heavy (non-hydrogen) atoms. The molecule has 6 nitrogen and oxygen atoms in total. The fraction of sp³-hybridized carbons (Fsp3) is 0.393. The van der Waals surface area contributed by atoms with Crippen LogP contribution in [0.5, 0.6) is 11.6 Å². The van der Waals surface area contributed by atoms with Gasteiger partial charge in [0.1, 0.15) is 5.75 Å². The molecular weight excluding hydrogens is 424 g/mol. The highest BCUT2D eigenvalue weighted by atomic mass is 16.5. The number of hydrogen-bond donors (Lipinski definition) is 0. The Labute approximate surface area is 201 Å². The SMILES string of the molecule is Cc1cccc(Oc2nc(N3CCC(C)CC3)nc3c2CN(C(=O)c2cccc(C)c2)CC3)c1. The van der Waals surface area contributed by atoms with Crippen LogP contribution in [0.4, 0.5) is 5.95 Å². The third-order valence-electron chi connectivity index (χ3n) is 6.83. The van der Waals surface area contributed by atoms with Gasteiger partial charge in [0.15, 0.2) is 0 Å². The van der Waals surface area contributed by atoms with Crippen LogP contribution >= 0.6 is 0 Å². The second-order valence-corrected chi connectivity index (χ2v) is 9.69. The van der Waals surface area contributed by atoms with Crippen LogP contribution in [-0.4, -0.2) is 40.4 Å². The molecule has 0 aliphatic carbocycles. The maximum atomic E-state index is 13.3. The number of anilines is 1. The van der Waals surface area contributed by atoms with Gasteiger partial charge in [-0.15, -0.1) is 0 Å². The number of amides is 1. The number of piperidine rings is 1. The number of nitrogens with zero attached hydrogens (tertiary/aromatic N) is 4. The number of carbonyl (C=O) groups is 1. The Kier molecular flexibility index (Phi) is 6.22. The minimum absolute atomic E-state index is 0.0324. The number of aromatic nitrogens is 2. The summed E-state index contributed by atoms with van der Waals surface area (Å²) in [5.41, 5.74) is 4.81. The van der Waals surface area contributed by atoms with Gasteiger partial charge in [-0.05, 0) is 62.4 Å². The van der Waals surface area contributed by atoms with E-state index >= 15 is 0 Å². The Bertz CT molecular complexity index is 1200. The molecule has 0 N–H and O–H groups in total. The van der Waals surface area contributed by atoms with E-state index in [9.17, 15) is 4.79 Å². The van der Waals surface area contributed by atoms with Gasteiger partial charge in [-0.25, -0.2) is 4.98 Å². The van der Waals surface area contributed by atoms with Crippen molar-refractivity contribution in [2.45, 2.75) is 46.6 Å². The number of benzene rings is 2. The normalized spacial score (nSPS) is 16.3. The first-order valence-electron chi connectivity index (χ1n) is 12.2. The van der Waals surface area contributed by atoms with Crippen molar-refractivity contribution in [1.29, 1.82) is 0 Å². The first-order chi connectivity index (χ1) is 16.5. The maximum absolute atomic E-state index is 13.3. The maximum Gasteiger partial charge on any atom is 0.254 e. The predicted octanol–water partition coefficient (Wildman–Crippen LogP) is 5.32. The zero-order valence-corrected chi connectivity index (χ0v) is 20.3. The van der Waals surface area contributed by atoms with Crippen LogP contribution in [0.3, 0.4) is 0 Å². The molecule has 2 aliphatic rings. The standard InChI is InChI=1S/C28H32N4O2/c1-19-10-13-31(14-11-19)28-29-25-12-15-32(27(33)22-8-4-6-20(2)16-22)18-24(25)26(30-28)34-23-9-5-7-21(3)17-23/h4-9,16-17,19H,10-15,18H2,1-3H3. The van der Waals surface area contributed by atoms with Gasteiger partial charge in [-0.3, -0.25) is 4.79 Å². The van der Waals surface area contributed by atoms with Crippen molar-refractivity contribution >= 4 is 11.9 Å². The lowest BCUT2D eigenvalue weighted by Gasteiger charge is -2.33. The van der Waals surface area contributed by atoms with E-state index in [-0.39, 0.29) is 5.91 Å². The van der Waals surface area contributed by atoms with Crippen LogP contribution in [0, 0.1) is 19.8 Å². The second kappa shape index (κ2) is 9.45. The van der Waals surface area contributed by atoms with Crippen LogP contribution in [0.1, 0.15) is 52.5 Å². The Morgan fingerprint density at radius 2 is 1.71 bits per heavy atom. The van der Waals surface area contributed by atoms with E-state index in [4.69, 9.17) is 14.7 Å². The average Bonchev–Trinajstić information content (AvgIpc) is 2.84. The highest BCUT2D eigenvalue weighted by Gasteiger charge is 2.29. The molecule has 2 aliphatic heterocycles. The fourth-order valence-electron chi connectivity index (χ4n) is 4.73. The molecule has 1 aromatic heterocycles. The Hall–Kier alpha value is -3.41. The van der Waals surface area contributed by atoms with Gasteiger partial charge in [-0.2, -0.15) is 4.98 Å². The zero-order chi connectivity index (χ0) is 23.7. The lowest BCUT2D eigenvalue weighted by molar-refractivity contribution is 0.0732. The minimum Gasteiger partial charge on any atom is -0.438 e. The van der Waals surface area contributed by atoms with E-state index in [1.54, 1.807) is 0 Å². The monoisotopic (exact) mass is 456 g/mol. The average molecular weight is 457 g/mol. The zero-order valence-electron chi connectivity index (χ0n) is 20.3. The van der Waals surface area contributed by atoms with Gasteiger partial charge < -0.3 is 14.5 Å². The first-order valence-corrected chi connectivity index (χ1v) is 12.2. The molecule has 0 bridgehead atoms. The summed E-state index contributed by atoms with van der Waals surface area (Å²) in [5.74, 6) is 2.82. The van der Waals surface area contributed by atoms with Crippen molar-refractivity contribution < 1.29 is 9.53 Å². The summed E-state index contributed by atoms with van der Waals surface area (Å²) >= 11 is 0. The lowest BCUT2D eigenvalue weighted by atomic mass is 9.99. The van der Waals surface area contributed by atoms with Gasteiger partial charge in [0.25, 0.3) is 5.91 Å². The largest absolute Gasteiger partial charge is 0.438 e. The van der Waals surface area contributed by atoms with Crippen LogP contribution in [0.15, 0.2) is 48.5 Å². The van der Waals surface area contributed by atoms with Crippen molar-refractivity contribution in [3.05, 3.63) is 76.5 Å². The molecule has 0 saturated carbocycles. The highest BCUT2D eigenvalue weighted by Crippen LogP contribution is 2.33. The number of ether oxygens (including phenoxy) is 1. The Morgan fingerprint density at radius 1 is 0.971 bits per heavy atom. The van der Waals surface area contributed by atoms with Crippen molar-refractivity contribution in [2.24, 2.45) is 5.92 Å². The molecule has 176 valence electrons. The number of carbonyl (C=O) groups excluding carboxylic acids is 1. The van der Waals surface area contributed by atoms with Gasteiger partial charge in [-0.1, -0.05) is 36.8 Å². The van der Waals surface area contributed by atoms with Crippen LogP contribution in [0.2, 0.25) is 0 Å². The summed E-state index contributed by atoms with van der Waals surface area (Å²) in [6, 6.07) is 15.8. The van der Waals surface area contributed by atoms with Crippen molar-refractivity contribution in [1.82, 2.24) is 14.9 Å². The summed E-state index contributed by atoms with van der Waals surface area (Å²) in [4.78, 5) is 27.3. The first kappa shape index (κ1) is 22.4. The van der Waals surface area contributed by atoms with Crippen molar-refractivity contribution in [3.63, 3.8) is 0 Å². The molecule has 0 unspecified atom stereocenters. The summed E-state index contributed by atoms with van der Waals surface area (Å²) in [7, 11) is 0. The number of hydrogen-bond acceptors (Lipinski definition) is 5. The second-order valence-electron chi connectivity index (χ2n) is 9.69. The van der Waals surface area contributed by atoms with E-state index in [2.05, 4.69) is 11.8 Å². The quantitative estimate of drug-likeness (QED) is 0.532. The van der Waals surface area contributed by atoms with Gasteiger partial charge in [0.2, 0.25) is 11.8 Å². The minimum atomic E-state index is 0.0324. The molecule has 0 spiro atoms. The molecule has 0 radical (unpaired) electrons. The number of aryl methyl sites for hydroxylation is 2. The Balaban J connectivity index is 1.48. The van der Waals surface area contributed by atoms with Crippen molar-refractivity contribution in [2.75, 3.05) is 24.5 Å². The molecule has 0 atom stereocenters. The number of rotatable bonds is 4. The lowest BCUT2D eigenvalue weighted by Crippen LogP contribution is -2.38. The summed E-state index contributed by atoms with van der Waals surface area (Å²) < 4.78 is 6.35. The van der Waals surface area contributed by atoms with Gasteiger partial charge in [0, 0.05) is 31.6 Å². The smallest absolute Gasteiger partial charge is 0.254 e. The number of fused-ring (bicyclic) bond motifs is 1. The summed E-state index contributed by atoms with van der Waals surface area (Å²) in [5, 5.41) is 0. The fourth-order valence-corrected chi connectivity index (χ4v) is 4.73. The highest BCUT2D eigenvalue weighted by molar-refractivity contribution is 5.94.